The molecule has 1 rings (SSSR count). The van der Waals surface area contributed by atoms with Crippen molar-refractivity contribution in [3.63, 3.8) is 0 Å². The minimum atomic E-state index is -0.859. The van der Waals surface area contributed by atoms with E-state index in [0.717, 1.165) is 0 Å². The molecule has 1 aliphatic rings. The summed E-state index contributed by atoms with van der Waals surface area (Å²) in [6, 6.07) is 1.98. The lowest BCUT2D eigenvalue weighted by Gasteiger charge is -2.20. The van der Waals surface area contributed by atoms with Gasteiger partial charge in [0.1, 0.15) is 5.41 Å². The molecular weight excluding hydrogens is 206 g/mol. The van der Waals surface area contributed by atoms with Gasteiger partial charge in [-0.05, 0) is 33.6 Å². The lowest BCUT2D eigenvalue weighted by Crippen LogP contribution is -2.46. The molecule has 5 nitrogen and oxygen atoms in total. The van der Waals surface area contributed by atoms with Crippen molar-refractivity contribution in [2.45, 2.75) is 39.2 Å². The van der Waals surface area contributed by atoms with Crippen molar-refractivity contribution in [1.29, 1.82) is 5.26 Å². The van der Waals surface area contributed by atoms with Gasteiger partial charge in [0.25, 0.3) is 0 Å². The Balaban J connectivity index is 2.34. The van der Waals surface area contributed by atoms with Crippen LogP contribution in [0.5, 0.6) is 0 Å². The van der Waals surface area contributed by atoms with Crippen LogP contribution in [0.15, 0.2) is 0 Å². The molecule has 0 spiro atoms. The zero-order valence-electron chi connectivity index (χ0n) is 9.89. The van der Waals surface area contributed by atoms with Crippen LogP contribution >= 0.6 is 0 Å². The lowest BCUT2D eigenvalue weighted by molar-refractivity contribution is -0.128. The van der Waals surface area contributed by atoms with Gasteiger partial charge in [-0.1, -0.05) is 0 Å². The molecular formula is C11H17N3O2. The molecule has 0 aromatic heterocycles. The van der Waals surface area contributed by atoms with Crippen LogP contribution in [0.1, 0.15) is 33.6 Å². The van der Waals surface area contributed by atoms with Crippen LogP contribution < -0.4 is 10.6 Å². The fraction of sp³-hybridized carbons (Fsp3) is 0.727. The van der Waals surface area contributed by atoms with Gasteiger partial charge in [0.2, 0.25) is 11.8 Å². The number of carbonyl (C=O) groups excluding carboxylic acids is 2. The fourth-order valence-corrected chi connectivity index (χ4v) is 1.31. The van der Waals surface area contributed by atoms with Gasteiger partial charge in [0.15, 0.2) is 0 Å². The van der Waals surface area contributed by atoms with Crippen molar-refractivity contribution in [2.75, 3.05) is 6.54 Å². The van der Waals surface area contributed by atoms with Crippen LogP contribution in [0, 0.1) is 16.7 Å². The van der Waals surface area contributed by atoms with Gasteiger partial charge in [0, 0.05) is 5.54 Å². The number of nitriles is 1. The van der Waals surface area contributed by atoms with Gasteiger partial charge in [-0.2, -0.15) is 5.26 Å². The van der Waals surface area contributed by atoms with Crippen molar-refractivity contribution in [2.24, 2.45) is 5.41 Å². The monoisotopic (exact) mass is 223 g/mol. The van der Waals surface area contributed by atoms with E-state index in [-0.39, 0.29) is 23.9 Å². The van der Waals surface area contributed by atoms with Crippen LogP contribution in [-0.4, -0.2) is 23.9 Å². The predicted molar refractivity (Wildman–Crippen MR) is 58.2 cm³/mol. The third kappa shape index (κ3) is 3.23. The maximum atomic E-state index is 11.5. The normalized spacial score (nSPS) is 17.1. The zero-order chi connectivity index (χ0) is 12.4. The number of nitrogens with one attached hydrogen (secondary N) is 2. The van der Waals surface area contributed by atoms with Crippen LogP contribution in [0.25, 0.3) is 0 Å². The van der Waals surface area contributed by atoms with Gasteiger partial charge < -0.3 is 10.6 Å². The van der Waals surface area contributed by atoms with Crippen molar-refractivity contribution in [1.82, 2.24) is 10.6 Å². The van der Waals surface area contributed by atoms with Gasteiger partial charge in [-0.3, -0.25) is 9.59 Å². The van der Waals surface area contributed by atoms with Crippen molar-refractivity contribution in [3.8, 4) is 6.07 Å². The molecule has 0 aromatic carbocycles. The molecule has 88 valence electrons. The molecule has 0 aromatic rings. The Kier molecular flexibility index (Phi) is 3.22. The summed E-state index contributed by atoms with van der Waals surface area (Å²) in [4.78, 5) is 22.9. The second-order valence-electron chi connectivity index (χ2n) is 5.17. The topological polar surface area (TPSA) is 82.0 Å². The quantitative estimate of drug-likeness (QED) is 0.723. The molecule has 0 aliphatic heterocycles. The first-order valence-electron chi connectivity index (χ1n) is 5.30. The summed E-state index contributed by atoms with van der Waals surface area (Å²) < 4.78 is 0. The number of rotatable bonds is 3. The van der Waals surface area contributed by atoms with E-state index in [1.165, 1.54) is 0 Å². The molecule has 5 heteroatoms. The van der Waals surface area contributed by atoms with E-state index in [2.05, 4.69) is 10.6 Å². The average Bonchev–Trinajstić information content (AvgIpc) is 2.92. The van der Waals surface area contributed by atoms with E-state index < -0.39 is 5.41 Å². The van der Waals surface area contributed by atoms with Crippen LogP contribution in [0.3, 0.4) is 0 Å². The molecule has 2 amide bonds. The molecule has 1 saturated carbocycles. The first kappa shape index (κ1) is 12.5. The second-order valence-corrected chi connectivity index (χ2v) is 5.17. The molecule has 16 heavy (non-hydrogen) atoms. The molecule has 0 bridgehead atoms. The molecule has 0 atom stereocenters. The number of nitrogens with zero attached hydrogens (tertiary/aromatic N) is 1. The minimum Gasteiger partial charge on any atom is -0.350 e. The highest BCUT2D eigenvalue weighted by molar-refractivity contribution is 5.91. The smallest absolute Gasteiger partial charge is 0.240 e. The van der Waals surface area contributed by atoms with E-state index in [1.807, 2.05) is 26.8 Å². The van der Waals surface area contributed by atoms with Crippen molar-refractivity contribution >= 4 is 11.8 Å². The largest absolute Gasteiger partial charge is 0.350 e. The third-order valence-corrected chi connectivity index (χ3v) is 2.32. The van der Waals surface area contributed by atoms with E-state index in [1.54, 1.807) is 0 Å². The van der Waals surface area contributed by atoms with Gasteiger partial charge in [-0.15, -0.1) is 0 Å². The minimum absolute atomic E-state index is 0.0699. The third-order valence-electron chi connectivity index (χ3n) is 2.32. The standard InChI is InChI=1S/C11H17N3O2/c1-10(2,3)14-8(15)6-13-9(16)11(7-12)4-5-11/h4-6H2,1-3H3,(H,13,16)(H,14,15). The highest BCUT2D eigenvalue weighted by atomic mass is 16.2. The van der Waals surface area contributed by atoms with E-state index in [4.69, 9.17) is 5.26 Å². The fourth-order valence-electron chi connectivity index (χ4n) is 1.31. The second kappa shape index (κ2) is 4.12. The number of amides is 2. The average molecular weight is 223 g/mol. The summed E-state index contributed by atoms with van der Waals surface area (Å²) >= 11 is 0. The van der Waals surface area contributed by atoms with E-state index in [9.17, 15) is 9.59 Å². The molecule has 1 aliphatic carbocycles. The summed E-state index contributed by atoms with van der Waals surface area (Å²) in [6.45, 7) is 5.53. The van der Waals surface area contributed by atoms with E-state index in [0.29, 0.717) is 12.8 Å². The van der Waals surface area contributed by atoms with Gasteiger partial charge >= 0.3 is 0 Å². The maximum Gasteiger partial charge on any atom is 0.240 e. The molecule has 1 fully saturated rings. The Hall–Kier alpha value is -1.57. The molecule has 0 radical (unpaired) electrons. The molecule has 0 heterocycles. The number of carbonyl (C=O) groups is 2. The predicted octanol–water partition coefficient (Wildman–Crippen LogP) is 0.321. The Morgan fingerprint density at radius 3 is 2.31 bits per heavy atom. The van der Waals surface area contributed by atoms with Crippen LogP contribution in [0.4, 0.5) is 0 Å². The van der Waals surface area contributed by atoms with Crippen LogP contribution in [-0.2, 0) is 9.59 Å². The highest BCUT2D eigenvalue weighted by Crippen LogP contribution is 2.44. The summed E-state index contributed by atoms with van der Waals surface area (Å²) in [7, 11) is 0. The zero-order valence-corrected chi connectivity index (χ0v) is 9.89. The summed E-state index contributed by atoms with van der Waals surface area (Å²) in [5, 5.41) is 14.0. The van der Waals surface area contributed by atoms with Gasteiger partial charge in [0.05, 0.1) is 12.6 Å². The summed E-state index contributed by atoms with van der Waals surface area (Å²) in [5.74, 6) is -0.575. The SMILES string of the molecule is CC(C)(C)NC(=O)CNC(=O)C1(C#N)CC1. The van der Waals surface area contributed by atoms with E-state index >= 15 is 0 Å². The Morgan fingerprint density at radius 2 is 1.94 bits per heavy atom. The lowest BCUT2D eigenvalue weighted by atomic mass is 10.1. The summed E-state index contributed by atoms with van der Waals surface area (Å²) in [6.07, 6.45) is 1.19. The Bertz CT molecular complexity index is 345. The highest BCUT2D eigenvalue weighted by Gasteiger charge is 2.50. The maximum absolute atomic E-state index is 11.5. The van der Waals surface area contributed by atoms with Crippen molar-refractivity contribution in [3.05, 3.63) is 0 Å². The summed E-state index contributed by atoms with van der Waals surface area (Å²) in [5.41, 5.74) is -1.17. The molecule has 0 unspecified atom stereocenters. The molecule has 2 N–H and O–H groups in total. The number of hydrogen-bond acceptors (Lipinski definition) is 3. The molecule has 0 saturated heterocycles. The Labute approximate surface area is 95.2 Å². The number of hydrogen-bond donors (Lipinski definition) is 2. The van der Waals surface area contributed by atoms with Crippen molar-refractivity contribution < 1.29 is 9.59 Å². The Morgan fingerprint density at radius 1 is 1.38 bits per heavy atom. The first-order valence-corrected chi connectivity index (χ1v) is 5.30. The van der Waals surface area contributed by atoms with Crippen LogP contribution in [0.2, 0.25) is 0 Å². The van der Waals surface area contributed by atoms with Gasteiger partial charge in [-0.25, -0.2) is 0 Å². The first-order chi connectivity index (χ1) is 7.29.